The summed E-state index contributed by atoms with van der Waals surface area (Å²) in [6.07, 6.45) is 3.06. The second-order valence-corrected chi connectivity index (χ2v) is 7.60. The van der Waals surface area contributed by atoms with Crippen LogP contribution >= 0.6 is 0 Å². The van der Waals surface area contributed by atoms with Crippen molar-refractivity contribution in [1.29, 1.82) is 0 Å². The van der Waals surface area contributed by atoms with Crippen LogP contribution in [-0.4, -0.2) is 67.1 Å². The lowest BCUT2D eigenvalue weighted by Gasteiger charge is -2.26. The van der Waals surface area contributed by atoms with Crippen molar-refractivity contribution in [3.8, 4) is 11.5 Å². The van der Waals surface area contributed by atoms with Gasteiger partial charge in [-0.2, -0.15) is 10.2 Å². The minimum atomic E-state index is -0.405. The molecule has 12 nitrogen and oxygen atoms in total. The lowest BCUT2D eigenvalue weighted by atomic mass is 10.2. The number of imidazole rings is 1. The number of aryl methyl sites for hydroxylation is 2. The zero-order valence-corrected chi connectivity index (χ0v) is 17.6. The Kier molecular flexibility index (Phi) is 5.07. The number of carbonyl (C=O) groups excluding carboxylic acids is 1. The summed E-state index contributed by atoms with van der Waals surface area (Å²) in [4.78, 5) is 34.7. The number of amides is 1. The van der Waals surface area contributed by atoms with Gasteiger partial charge >= 0.3 is 0 Å². The Hall–Kier alpha value is -3.77. The highest BCUT2D eigenvalue weighted by Crippen LogP contribution is 2.25. The first kappa shape index (κ1) is 20.2. The molecule has 5 rings (SSSR count). The van der Waals surface area contributed by atoms with Crippen molar-refractivity contribution in [2.45, 2.75) is 13.5 Å². The van der Waals surface area contributed by atoms with E-state index < -0.39 is 5.91 Å². The molecule has 1 fully saturated rings. The van der Waals surface area contributed by atoms with Gasteiger partial charge in [0.15, 0.2) is 22.8 Å². The third-order valence-corrected chi connectivity index (χ3v) is 5.44. The highest BCUT2D eigenvalue weighted by molar-refractivity contribution is 6.04. The van der Waals surface area contributed by atoms with Crippen molar-refractivity contribution >= 4 is 22.6 Å². The number of aromatic amines is 2. The maximum absolute atomic E-state index is 12.9. The molecule has 4 aromatic heterocycles. The average molecular weight is 438 g/mol. The Balaban J connectivity index is 1.36. The van der Waals surface area contributed by atoms with Crippen molar-refractivity contribution in [3.63, 3.8) is 0 Å². The van der Waals surface area contributed by atoms with E-state index in [0.717, 1.165) is 18.7 Å². The summed E-state index contributed by atoms with van der Waals surface area (Å²) in [6.45, 7) is 5.65. The van der Waals surface area contributed by atoms with E-state index >= 15 is 0 Å². The van der Waals surface area contributed by atoms with E-state index in [1.807, 2.05) is 6.92 Å². The maximum Gasteiger partial charge on any atom is 0.294 e. The monoisotopic (exact) mass is 438 g/mol. The molecule has 0 atom stereocenters. The molecule has 3 N–H and O–H groups in total. The number of carbonyl (C=O) groups is 1. The second kappa shape index (κ2) is 8.05. The normalized spacial score (nSPS) is 14.8. The third-order valence-electron chi connectivity index (χ3n) is 5.44. The standard InChI is InChI=1S/C20H22N8O4/c1-11-12(10-28-3-5-31-6-4-28)7-15(32-11)19(29)24-13-8-21-26-16(13)18-23-14-9-22-27(2)20(30)17(14)25-18/h7-9H,3-6,10H2,1-2H3,(H,21,26)(H,23,25)(H,24,29). The highest BCUT2D eigenvalue weighted by Gasteiger charge is 2.21. The SMILES string of the molecule is Cc1oc(C(=O)Nc2c[nH]nc2-c2nc3c(=O)n(C)ncc3[nH]2)cc1CN1CCOCC1. The molecule has 1 aliphatic rings. The number of nitrogens with zero attached hydrogens (tertiary/aromatic N) is 5. The number of hydrogen-bond donors (Lipinski definition) is 3. The van der Waals surface area contributed by atoms with Gasteiger partial charge in [0.2, 0.25) is 0 Å². The van der Waals surface area contributed by atoms with E-state index in [9.17, 15) is 9.59 Å². The van der Waals surface area contributed by atoms with Gasteiger partial charge in [-0.3, -0.25) is 19.6 Å². The molecule has 0 aromatic carbocycles. The molecule has 32 heavy (non-hydrogen) atoms. The fraction of sp³-hybridized carbons (Fsp3) is 0.350. The molecule has 1 aliphatic heterocycles. The molecule has 0 saturated carbocycles. The summed E-state index contributed by atoms with van der Waals surface area (Å²) >= 11 is 0. The van der Waals surface area contributed by atoms with Gasteiger partial charge in [-0.15, -0.1) is 0 Å². The number of aromatic nitrogens is 6. The van der Waals surface area contributed by atoms with E-state index in [1.165, 1.54) is 10.9 Å². The average Bonchev–Trinajstić information content (AvgIpc) is 3.51. The van der Waals surface area contributed by atoms with E-state index in [0.29, 0.717) is 48.2 Å². The summed E-state index contributed by atoms with van der Waals surface area (Å²) in [6, 6.07) is 1.76. The molecule has 0 aliphatic carbocycles. The Labute approximate surface area is 181 Å². The van der Waals surface area contributed by atoms with Crippen LogP contribution < -0.4 is 10.9 Å². The van der Waals surface area contributed by atoms with Crippen molar-refractivity contribution < 1.29 is 13.9 Å². The van der Waals surface area contributed by atoms with Crippen LogP contribution in [0.3, 0.4) is 0 Å². The second-order valence-electron chi connectivity index (χ2n) is 7.60. The minimum Gasteiger partial charge on any atom is -0.456 e. The number of rotatable bonds is 5. The molecule has 0 spiro atoms. The van der Waals surface area contributed by atoms with Crippen molar-refractivity contribution in [3.05, 3.63) is 45.9 Å². The van der Waals surface area contributed by atoms with Gasteiger partial charge in [0.25, 0.3) is 11.5 Å². The topological polar surface area (TPSA) is 147 Å². The fourth-order valence-electron chi connectivity index (χ4n) is 3.64. The van der Waals surface area contributed by atoms with Crippen LogP contribution in [0, 0.1) is 6.92 Å². The quantitative estimate of drug-likeness (QED) is 0.419. The van der Waals surface area contributed by atoms with Gasteiger partial charge in [-0.05, 0) is 13.0 Å². The molecule has 1 saturated heterocycles. The number of nitrogens with one attached hydrogen (secondary N) is 3. The number of H-pyrrole nitrogens is 2. The van der Waals surface area contributed by atoms with E-state index in [-0.39, 0.29) is 16.8 Å². The molecular formula is C20H22N8O4. The molecule has 166 valence electrons. The van der Waals surface area contributed by atoms with Gasteiger partial charge in [0.05, 0.1) is 30.6 Å². The van der Waals surface area contributed by atoms with Crippen LogP contribution in [0.1, 0.15) is 21.9 Å². The lowest BCUT2D eigenvalue weighted by Crippen LogP contribution is -2.35. The molecule has 5 heterocycles. The van der Waals surface area contributed by atoms with E-state index in [1.54, 1.807) is 19.3 Å². The number of morpholine rings is 1. The number of furan rings is 1. The van der Waals surface area contributed by atoms with Crippen molar-refractivity contribution in [1.82, 2.24) is 34.8 Å². The van der Waals surface area contributed by atoms with Crippen molar-refractivity contribution in [2.75, 3.05) is 31.6 Å². The summed E-state index contributed by atoms with van der Waals surface area (Å²) in [5.41, 5.74) is 2.14. The maximum atomic E-state index is 12.9. The van der Waals surface area contributed by atoms with Gasteiger partial charge in [0.1, 0.15) is 5.76 Å². The zero-order valence-electron chi connectivity index (χ0n) is 17.6. The Morgan fingerprint density at radius 1 is 1.31 bits per heavy atom. The molecule has 1 amide bonds. The van der Waals surface area contributed by atoms with Crippen LogP contribution in [0.15, 0.2) is 27.7 Å². The first-order chi connectivity index (χ1) is 15.5. The van der Waals surface area contributed by atoms with Crippen molar-refractivity contribution in [2.24, 2.45) is 7.05 Å². The number of anilines is 1. The molecule has 0 bridgehead atoms. The van der Waals surface area contributed by atoms with Gasteiger partial charge < -0.3 is 19.5 Å². The van der Waals surface area contributed by atoms with Gasteiger partial charge in [-0.25, -0.2) is 9.67 Å². The van der Waals surface area contributed by atoms with Crippen LogP contribution in [0.2, 0.25) is 0 Å². The fourth-order valence-corrected chi connectivity index (χ4v) is 3.64. The molecule has 0 unspecified atom stereocenters. The summed E-state index contributed by atoms with van der Waals surface area (Å²) in [5.74, 6) is 0.846. The van der Waals surface area contributed by atoms with Crippen LogP contribution in [0.4, 0.5) is 5.69 Å². The number of fused-ring (bicyclic) bond motifs is 1. The summed E-state index contributed by atoms with van der Waals surface area (Å²) < 4.78 is 12.3. The summed E-state index contributed by atoms with van der Waals surface area (Å²) in [7, 11) is 1.55. The largest absolute Gasteiger partial charge is 0.456 e. The first-order valence-electron chi connectivity index (χ1n) is 10.2. The minimum absolute atomic E-state index is 0.209. The Morgan fingerprint density at radius 3 is 2.94 bits per heavy atom. The van der Waals surface area contributed by atoms with Crippen LogP contribution in [0.25, 0.3) is 22.6 Å². The van der Waals surface area contributed by atoms with E-state index in [2.05, 4.69) is 35.5 Å². The number of ether oxygens (including phenoxy) is 1. The van der Waals surface area contributed by atoms with Crippen LogP contribution in [-0.2, 0) is 18.3 Å². The third kappa shape index (κ3) is 3.69. The molecular weight excluding hydrogens is 416 g/mol. The predicted octanol–water partition coefficient (Wildman–Crippen LogP) is 1.03. The van der Waals surface area contributed by atoms with Gasteiger partial charge in [0, 0.05) is 38.4 Å². The smallest absolute Gasteiger partial charge is 0.294 e. The lowest BCUT2D eigenvalue weighted by molar-refractivity contribution is 0.0340. The van der Waals surface area contributed by atoms with Gasteiger partial charge in [-0.1, -0.05) is 0 Å². The zero-order chi connectivity index (χ0) is 22.2. The summed E-state index contributed by atoms with van der Waals surface area (Å²) in [5, 5.41) is 13.7. The molecule has 0 radical (unpaired) electrons. The predicted molar refractivity (Wildman–Crippen MR) is 114 cm³/mol. The molecule has 12 heteroatoms. The Morgan fingerprint density at radius 2 is 2.12 bits per heavy atom. The highest BCUT2D eigenvalue weighted by atomic mass is 16.5. The molecule has 4 aromatic rings. The first-order valence-corrected chi connectivity index (χ1v) is 10.2. The number of hydrogen-bond acceptors (Lipinski definition) is 8. The van der Waals surface area contributed by atoms with E-state index in [4.69, 9.17) is 9.15 Å². The Bertz CT molecular complexity index is 1340. The van der Waals surface area contributed by atoms with Crippen LogP contribution in [0.5, 0.6) is 0 Å².